The number of aliphatic hydroxyl groups excluding tert-OH is 1. The fraction of sp³-hybridized carbons (Fsp3) is 0.778. The van der Waals surface area contributed by atoms with Gasteiger partial charge >= 0.3 is 0 Å². The molecule has 0 heterocycles. The molecule has 1 nitrogen and oxygen atoms in total. The summed E-state index contributed by atoms with van der Waals surface area (Å²) < 4.78 is 0. The van der Waals surface area contributed by atoms with Crippen LogP contribution in [0.3, 0.4) is 0 Å². The molecule has 0 amide bonds. The highest BCUT2D eigenvalue weighted by molar-refractivity contribution is 6.29. The average molecular weight is 176 g/mol. The summed E-state index contributed by atoms with van der Waals surface area (Å²) in [6.45, 7) is 7.33. The summed E-state index contributed by atoms with van der Waals surface area (Å²) in [5.41, 5.74) is 0. The Hall–Kier alpha value is -0.0100. The summed E-state index contributed by atoms with van der Waals surface area (Å²) in [4.78, 5) is 0. The van der Waals surface area contributed by atoms with Gasteiger partial charge in [-0.05, 0) is 13.0 Å². The molecule has 0 saturated heterocycles. The van der Waals surface area contributed by atoms with Crippen LogP contribution in [0.1, 0.15) is 39.0 Å². The highest BCUT2D eigenvalue weighted by atomic mass is 35.5. The monoisotopic (exact) mass is 175 g/mol. The molecule has 11 heavy (non-hydrogen) atoms. The smallest absolute Gasteiger partial charge is 0.0895 e. The van der Waals surface area contributed by atoms with Gasteiger partial charge in [0, 0.05) is 5.03 Å². The zero-order chi connectivity index (χ0) is 8.69. The Labute approximate surface area is 74.1 Å². The first-order chi connectivity index (χ1) is 5.18. The maximum atomic E-state index is 9.13. The molecule has 0 aliphatic rings. The van der Waals surface area contributed by atoms with Crippen LogP contribution < -0.4 is 0 Å². The van der Waals surface area contributed by atoms with E-state index in [1.807, 2.05) is 0 Å². The van der Waals surface area contributed by atoms with Gasteiger partial charge in [0.05, 0.1) is 6.10 Å². The van der Waals surface area contributed by atoms with Gasteiger partial charge in [0.25, 0.3) is 0 Å². The van der Waals surface area contributed by atoms with Gasteiger partial charge in [0.2, 0.25) is 0 Å². The van der Waals surface area contributed by atoms with Gasteiger partial charge in [0.1, 0.15) is 0 Å². The standard InChI is InChI=1S/C9H16ClO/c1-3-4-5-6-7-9(11)8(2)10/h2,9,11H,3-7H2,1H3. The third-order valence-corrected chi connectivity index (χ3v) is 1.90. The largest absolute Gasteiger partial charge is 0.388 e. The van der Waals surface area contributed by atoms with E-state index in [-0.39, 0.29) is 5.03 Å². The van der Waals surface area contributed by atoms with Crippen LogP contribution in [-0.4, -0.2) is 11.2 Å². The lowest BCUT2D eigenvalue weighted by atomic mass is 10.1. The number of halogens is 1. The van der Waals surface area contributed by atoms with E-state index in [9.17, 15) is 0 Å². The second kappa shape index (κ2) is 6.68. The van der Waals surface area contributed by atoms with E-state index >= 15 is 0 Å². The van der Waals surface area contributed by atoms with Crippen LogP contribution >= 0.6 is 11.6 Å². The van der Waals surface area contributed by atoms with Gasteiger partial charge in [-0.25, -0.2) is 0 Å². The molecule has 2 heteroatoms. The minimum Gasteiger partial charge on any atom is -0.388 e. The lowest BCUT2D eigenvalue weighted by molar-refractivity contribution is 0.203. The van der Waals surface area contributed by atoms with Crippen LogP contribution in [0.4, 0.5) is 0 Å². The summed E-state index contributed by atoms with van der Waals surface area (Å²) in [6, 6.07) is 0. The topological polar surface area (TPSA) is 20.2 Å². The molecule has 1 atom stereocenters. The number of unbranched alkanes of at least 4 members (excludes halogenated alkanes) is 3. The summed E-state index contributed by atoms with van der Waals surface area (Å²) >= 11 is 5.39. The summed E-state index contributed by atoms with van der Waals surface area (Å²) in [6.07, 6.45) is 4.65. The third kappa shape index (κ3) is 6.39. The van der Waals surface area contributed by atoms with E-state index in [4.69, 9.17) is 23.3 Å². The second-order valence-electron chi connectivity index (χ2n) is 2.75. The molecule has 1 unspecified atom stereocenters. The molecule has 0 spiro atoms. The van der Waals surface area contributed by atoms with E-state index in [0.717, 1.165) is 12.8 Å². The molecule has 0 aliphatic heterocycles. The average Bonchev–Trinajstić information content (AvgIpc) is 1.97. The number of hydrogen-bond donors (Lipinski definition) is 1. The minimum atomic E-state index is -0.617. The van der Waals surface area contributed by atoms with Crippen molar-refractivity contribution in [3.8, 4) is 0 Å². The highest BCUT2D eigenvalue weighted by Crippen LogP contribution is 2.12. The van der Waals surface area contributed by atoms with Crippen LogP contribution in [-0.2, 0) is 0 Å². The Morgan fingerprint density at radius 2 is 2.09 bits per heavy atom. The fourth-order valence-electron chi connectivity index (χ4n) is 0.902. The van der Waals surface area contributed by atoms with Crippen molar-refractivity contribution < 1.29 is 5.11 Å². The first kappa shape index (κ1) is 11.0. The first-order valence-corrected chi connectivity index (χ1v) is 4.52. The molecule has 0 aliphatic carbocycles. The Balaban J connectivity index is 3.17. The summed E-state index contributed by atoms with van der Waals surface area (Å²) in [5.74, 6) is 0. The Morgan fingerprint density at radius 1 is 1.45 bits per heavy atom. The Kier molecular flexibility index (Phi) is 6.68. The molecule has 0 rings (SSSR count). The van der Waals surface area contributed by atoms with Crippen molar-refractivity contribution in [2.45, 2.75) is 45.1 Å². The maximum absolute atomic E-state index is 9.13. The molecular weight excluding hydrogens is 160 g/mol. The fourth-order valence-corrected chi connectivity index (χ4v) is 1.01. The Morgan fingerprint density at radius 3 is 2.55 bits per heavy atom. The van der Waals surface area contributed by atoms with Gasteiger partial charge in [-0.15, -0.1) is 0 Å². The van der Waals surface area contributed by atoms with Crippen molar-refractivity contribution >= 4 is 11.6 Å². The van der Waals surface area contributed by atoms with Gasteiger partial charge in [-0.1, -0.05) is 44.2 Å². The van der Waals surface area contributed by atoms with Crippen LogP contribution in [0, 0.1) is 6.58 Å². The van der Waals surface area contributed by atoms with Crippen molar-refractivity contribution in [2.24, 2.45) is 0 Å². The molecule has 1 N–H and O–H groups in total. The molecule has 0 aromatic heterocycles. The number of hydrogen-bond acceptors (Lipinski definition) is 1. The molecule has 0 bridgehead atoms. The molecule has 0 aromatic carbocycles. The van der Waals surface area contributed by atoms with Crippen molar-refractivity contribution in [3.05, 3.63) is 11.6 Å². The van der Waals surface area contributed by atoms with Crippen molar-refractivity contribution in [1.29, 1.82) is 0 Å². The Bertz CT molecular complexity index is 112. The lowest BCUT2D eigenvalue weighted by Crippen LogP contribution is -2.04. The van der Waals surface area contributed by atoms with E-state index < -0.39 is 6.10 Å². The van der Waals surface area contributed by atoms with Gasteiger partial charge in [0.15, 0.2) is 0 Å². The minimum absolute atomic E-state index is 0.112. The SMILES string of the molecule is [CH]=C(Cl)C(O)CCCCCC. The predicted molar refractivity (Wildman–Crippen MR) is 48.4 cm³/mol. The first-order valence-electron chi connectivity index (χ1n) is 4.14. The third-order valence-electron chi connectivity index (χ3n) is 1.65. The zero-order valence-electron chi connectivity index (χ0n) is 7.02. The molecule has 0 aromatic rings. The molecule has 0 saturated carbocycles. The van der Waals surface area contributed by atoms with Crippen LogP contribution in [0.15, 0.2) is 5.03 Å². The van der Waals surface area contributed by atoms with Gasteiger partial charge < -0.3 is 5.11 Å². The van der Waals surface area contributed by atoms with Crippen molar-refractivity contribution in [3.63, 3.8) is 0 Å². The van der Waals surface area contributed by atoms with E-state index in [2.05, 4.69) is 6.92 Å². The van der Waals surface area contributed by atoms with Crippen molar-refractivity contribution in [2.75, 3.05) is 0 Å². The van der Waals surface area contributed by atoms with E-state index in [1.165, 1.54) is 12.8 Å². The molecule has 1 radical (unpaired) electrons. The van der Waals surface area contributed by atoms with Crippen molar-refractivity contribution in [1.82, 2.24) is 0 Å². The van der Waals surface area contributed by atoms with Gasteiger partial charge in [-0.2, -0.15) is 0 Å². The maximum Gasteiger partial charge on any atom is 0.0895 e. The van der Waals surface area contributed by atoms with E-state index in [1.54, 1.807) is 0 Å². The lowest BCUT2D eigenvalue weighted by Gasteiger charge is -2.06. The van der Waals surface area contributed by atoms with Crippen LogP contribution in [0.25, 0.3) is 0 Å². The number of aliphatic hydroxyl groups is 1. The molecule has 0 fully saturated rings. The summed E-state index contributed by atoms with van der Waals surface area (Å²) in [5, 5.41) is 9.24. The molecule has 65 valence electrons. The predicted octanol–water partition coefficient (Wildman–Crippen LogP) is 2.87. The second-order valence-corrected chi connectivity index (χ2v) is 3.19. The van der Waals surface area contributed by atoms with Crippen LogP contribution in [0.5, 0.6) is 0 Å². The van der Waals surface area contributed by atoms with Gasteiger partial charge in [-0.3, -0.25) is 0 Å². The zero-order valence-corrected chi connectivity index (χ0v) is 7.77. The number of rotatable bonds is 6. The highest BCUT2D eigenvalue weighted by Gasteiger charge is 2.04. The molecular formula is C9H16ClO. The van der Waals surface area contributed by atoms with Crippen LogP contribution in [0.2, 0.25) is 0 Å². The normalized spacial score (nSPS) is 13.0. The van der Waals surface area contributed by atoms with E-state index in [0.29, 0.717) is 6.42 Å². The summed E-state index contributed by atoms with van der Waals surface area (Å²) in [7, 11) is 0. The quantitative estimate of drug-likeness (QED) is 0.616.